The van der Waals surface area contributed by atoms with Crippen LogP contribution in [0, 0.1) is 11.3 Å². The van der Waals surface area contributed by atoms with Gasteiger partial charge in [0, 0.05) is 26.2 Å². The molecule has 0 heterocycles. The minimum Gasteiger partial charge on any atom is -0.466 e. The van der Waals surface area contributed by atoms with E-state index in [4.69, 9.17) is 14.7 Å². The number of nitriles is 1. The highest BCUT2D eigenvalue weighted by Gasteiger charge is 2.15. The Kier molecular flexibility index (Phi) is 12.9. The Morgan fingerprint density at radius 1 is 0.853 bits per heavy atom. The summed E-state index contributed by atoms with van der Waals surface area (Å²) < 4.78 is 10.5. The van der Waals surface area contributed by atoms with Crippen molar-refractivity contribution in [3.63, 3.8) is 0 Å². The van der Waals surface area contributed by atoms with E-state index in [-0.39, 0.29) is 19.0 Å². The summed E-state index contributed by atoms with van der Waals surface area (Å²) in [5.41, 5.74) is 2.11. The van der Waals surface area contributed by atoms with E-state index < -0.39 is 6.09 Å². The van der Waals surface area contributed by atoms with E-state index in [0.29, 0.717) is 32.7 Å². The lowest BCUT2D eigenvalue weighted by molar-refractivity contribution is -0.143. The third-order valence-electron chi connectivity index (χ3n) is 5.30. The summed E-state index contributed by atoms with van der Waals surface area (Å²) in [6, 6.07) is 21.8. The smallest absolute Gasteiger partial charge is 0.410 e. The van der Waals surface area contributed by atoms with Gasteiger partial charge in [-0.25, -0.2) is 4.79 Å². The summed E-state index contributed by atoms with van der Waals surface area (Å²) in [5, 5.41) is 8.96. The van der Waals surface area contributed by atoms with Gasteiger partial charge in [0.1, 0.15) is 6.61 Å². The number of benzene rings is 2. The van der Waals surface area contributed by atoms with Gasteiger partial charge < -0.3 is 14.4 Å². The van der Waals surface area contributed by atoms with Gasteiger partial charge in [-0.3, -0.25) is 9.69 Å². The predicted molar refractivity (Wildman–Crippen MR) is 131 cm³/mol. The second-order valence-corrected chi connectivity index (χ2v) is 7.96. The molecule has 0 N–H and O–H groups in total. The number of rotatable bonds is 15. The summed E-state index contributed by atoms with van der Waals surface area (Å²) in [5.74, 6) is -0.190. The van der Waals surface area contributed by atoms with Gasteiger partial charge in [0.15, 0.2) is 0 Å². The van der Waals surface area contributed by atoms with Gasteiger partial charge in [-0.05, 0) is 37.4 Å². The number of amides is 1. The summed E-state index contributed by atoms with van der Waals surface area (Å²) in [6.07, 6.45) is 1.84. The molecule has 0 aliphatic rings. The van der Waals surface area contributed by atoms with Crippen LogP contribution in [-0.4, -0.2) is 54.6 Å². The molecule has 1 amide bonds. The molecule has 0 aromatic heterocycles. The van der Waals surface area contributed by atoms with Crippen LogP contribution in [0.3, 0.4) is 0 Å². The zero-order chi connectivity index (χ0) is 24.4. The molecule has 0 saturated heterocycles. The van der Waals surface area contributed by atoms with Crippen LogP contribution in [0.15, 0.2) is 60.7 Å². The van der Waals surface area contributed by atoms with Crippen molar-refractivity contribution in [1.82, 2.24) is 9.80 Å². The number of nitrogens with zero attached hydrogens (tertiary/aromatic N) is 3. The van der Waals surface area contributed by atoms with Gasteiger partial charge in [-0.15, -0.1) is 0 Å². The molecule has 0 bridgehead atoms. The van der Waals surface area contributed by atoms with E-state index in [0.717, 1.165) is 31.5 Å². The van der Waals surface area contributed by atoms with Crippen molar-refractivity contribution in [3.05, 3.63) is 71.8 Å². The van der Waals surface area contributed by atoms with Gasteiger partial charge in [0.25, 0.3) is 0 Å². The highest BCUT2D eigenvalue weighted by Crippen LogP contribution is 2.09. The average molecular weight is 466 g/mol. The fraction of sp³-hybridized carbons (Fsp3) is 0.444. The lowest BCUT2D eigenvalue weighted by Gasteiger charge is -2.24. The standard InChI is InChI=1S/C27H35N3O4/c1-2-33-26(31)16-21-29(22-24-12-5-3-6-13-24)18-9-10-19-30(20-11-17-28)27(32)34-23-25-14-7-4-8-15-25/h3-8,12-15H,2,9-11,16,18-23H2,1H3. The Hall–Kier alpha value is -3.37. The van der Waals surface area contributed by atoms with Crippen molar-refractivity contribution < 1.29 is 19.1 Å². The number of hydrogen-bond acceptors (Lipinski definition) is 6. The van der Waals surface area contributed by atoms with E-state index in [9.17, 15) is 9.59 Å². The number of unbranched alkanes of at least 4 members (excludes halogenated alkanes) is 1. The largest absolute Gasteiger partial charge is 0.466 e. The van der Waals surface area contributed by atoms with Crippen molar-refractivity contribution >= 4 is 12.1 Å². The van der Waals surface area contributed by atoms with Gasteiger partial charge >= 0.3 is 12.1 Å². The van der Waals surface area contributed by atoms with E-state index in [2.05, 4.69) is 23.1 Å². The maximum absolute atomic E-state index is 12.6. The van der Waals surface area contributed by atoms with Gasteiger partial charge in [-0.1, -0.05) is 60.7 Å². The number of ether oxygens (including phenoxy) is 2. The SMILES string of the molecule is CCOC(=O)CCN(CCCCN(CCC#N)C(=O)OCc1ccccc1)Cc1ccccc1. The first-order valence-electron chi connectivity index (χ1n) is 11.9. The Bertz CT molecular complexity index is 884. The molecule has 0 fully saturated rings. The second kappa shape index (κ2) is 16.3. The van der Waals surface area contributed by atoms with Crippen molar-refractivity contribution in [1.29, 1.82) is 5.26 Å². The molecule has 7 nitrogen and oxygen atoms in total. The molecule has 34 heavy (non-hydrogen) atoms. The third-order valence-corrected chi connectivity index (χ3v) is 5.30. The van der Waals surface area contributed by atoms with E-state index in [1.807, 2.05) is 55.5 Å². The van der Waals surface area contributed by atoms with Crippen molar-refractivity contribution in [2.75, 3.05) is 32.8 Å². The molecule has 0 saturated carbocycles. The third kappa shape index (κ3) is 11.0. The van der Waals surface area contributed by atoms with Crippen LogP contribution in [0.4, 0.5) is 4.79 Å². The quantitative estimate of drug-likeness (QED) is 0.278. The monoisotopic (exact) mass is 465 g/mol. The van der Waals surface area contributed by atoms with Crippen LogP contribution >= 0.6 is 0 Å². The maximum atomic E-state index is 12.6. The highest BCUT2D eigenvalue weighted by atomic mass is 16.6. The fourth-order valence-corrected chi connectivity index (χ4v) is 3.52. The van der Waals surface area contributed by atoms with E-state index >= 15 is 0 Å². The van der Waals surface area contributed by atoms with E-state index in [1.165, 1.54) is 5.56 Å². The molecule has 2 aromatic rings. The van der Waals surface area contributed by atoms with Crippen LogP contribution < -0.4 is 0 Å². The first kappa shape index (κ1) is 26.9. The van der Waals surface area contributed by atoms with Crippen molar-refractivity contribution in [2.24, 2.45) is 0 Å². The van der Waals surface area contributed by atoms with E-state index in [1.54, 1.807) is 4.90 Å². The summed E-state index contributed by atoms with van der Waals surface area (Å²) in [6.45, 7) is 5.43. The first-order valence-corrected chi connectivity index (χ1v) is 11.9. The number of esters is 1. The molecule has 0 unspecified atom stereocenters. The van der Waals surface area contributed by atoms with Gasteiger partial charge in [-0.2, -0.15) is 5.26 Å². The molecule has 7 heteroatoms. The van der Waals surface area contributed by atoms with Crippen LogP contribution in [0.1, 0.15) is 43.7 Å². The molecular formula is C27H35N3O4. The Balaban J connectivity index is 1.83. The molecule has 2 aromatic carbocycles. The number of hydrogen-bond donors (Lipinski definition) is 0. The lowest BCUT2D eigenvalue weighted by Crippen LogP contribution is -2.34. The van der Waals surface area contributed by atoms with Crippen LogP contribution in [0.2, 0.25) is 0 Å². The first-order chi connectivity index (χ1) is 16.6. The van der Waals surface area contributed by atoms with Crippen LogP contribution in [0.25, 0.3) is 0 Å². The topological polar surface area (TPSA) is 82.9 Å². The van der Waals surface area contributed by atoms with Crippen molar-refractivity contribution in [2.45, 2.75) is 45.8 Å². The molecule has 0 aliphatic carbocycles. The number of carbonyl (C=O) groups excluding carboxylic acids is 2. The minimum atomic E-state index is -0.400. The van der Waals surface area contributed by atoms with Crippen LogP contribution in [-0.2, 0) is 27.4 Å². The van der Waals surface area contributed by atoms with Crippen molar-refractivity contribution in [3.8, 4) is 6.07 Å². The number of carbonyl (C=O) groups is 2. The molecule has 0 radical (unpaired) electrons. The molecule has 0 spiro atoms. The summed E-state index contributed by atoms with van der Waals surface area (Å²) >= 11 is 0. The van der Waals surface area contributed by atoms with Crippen LogP contribution in [0.5, 0.6) is 0 Å². The molecular weight excluding hydrogens is 430 g/mol. The predicted octanol–water partition coefficient (Wildman–Crippen LogP) is 4.77. The lowest BCUT2D eigenvalue weighted by atomic mass is 10.2. The highest BCUT2D eigenvalue weighted by molar-refractivity contribution is 5.69. The molecule has 0 aliphatic heterocycles. The Morgan fingerprint density at radius 3 is 2.15 bits per heavy atom. The second-order valence-electron chi connectivity index (χ2n) is 7.96. The fourth-order valence-electron chi connectivity index (χ4n) is 3.52. The minimum absolute atomic E-state index is 0.190. The normalized spacial score (nSPS) is 10.5. The zero-order valence-electron chi connectivity index (χ0n) is 20.0. The average Bonchev–Trinajstić information content (AvgIpc) is 2.86. The summed E-state index contributed by atoms with van der Waals surface area (Å²) in [4.78, 5) is 28.2. The Morgan fingerprint density at radius 2 is 1.50 bits per heavy atom. The van der Waals surface area contributed by atoms with Gasteiger partial charge in [0.05, 0.1) is 25.5 Å². The Labute approximate surface area is 202 Å². The molecule has 2 rings (SSSR count). The maximum Gasteiger partial charge on any atom is 0.410 e. The molecule has 182 valence electrons. The zero-order valence-corrected chi connectivity index (χ0v) is 20.0. The van der Waals surface area contributed by atoms with Gasteiger partial charge in [0.2, 0.25) is 0 Å². The summed E-state index contributed by atoms with van der Waals surface area (Å²) in [7, 11) is 0. The molecule has 0 atom stereocenters.